The minimum atomic E-state index is -0.0578. The van der Waals surface area contributed by atoms with Gasteiger partial charge in [0.25, 0.3) is 11.8 Å². The molecule has 0 heterocycles. The van der Waals surface area contributed by atoms with E-state index in [1.54, 1.807) is 0 Å². The van der Waals surface area contributed by atoms with Gasteiger partial charge in [0, 0.05) is 24.2 Å². The van der Waals surface area contributed by atoms with E-state index in [4.69, 9.17) is 9.47 Å². The zero-order chi connectivity index (χ0) is 30.4. The van der Waals surface area contributed by atoms with E-state index in [9.17, 15) is 9.59 Å². The van der Waals surface area contributed by atoms with Gasteiger partial charge in [-0.25, -0.2) is 0 Å². The molecule has 0 aliphatic heterocycles. The van der Waals surface area contributed by atoms with Crippen molar-refractivity contribution >= 4 is 43.7 Å². The van der Waals surface area contributed by atoms with Crippen LogP contribution in [0.5, 0.6) is 11.5 Å². The summed E-state index contributed by atoms with van der Waals surface area (Å²) < 4.78 is 13.3. The average molecular weight is 711 g/mol. The van der Waals surface area contributed by atoms with E-state index in [1.165, 1.54) is 38.5 Å². The maximum absolute atomic E-state index is 12.5. The number of hydrogen-bond donors (Lipinski definition) is 2. The number of rotatable bonds is 23. The smallest absolute Gasteiger partial charge is 0.251 e. The zero-order valence-electron chi connectivity index (χ0n) is 25.6. The van der Waals surface area contributed by atoms with Gasteiger partial charge in [-0.15, -0.1) is 0 Å². The molecule has 234 valence electrons. The predicted octanol–water partition coefficient (Wildman–Crippen LogP) is 9.63. The minimum absolute atomic E-state index is 0.0578. The van der Waals surface area contributed by atoms with E-state index >= 15 is 0 Å². The molecule has 2 aromatic carbocycles. The highest BCUT2D eigenvalue weighted by molar-refractivity contribution is 9.10. The Bertz CT molecular complexity index is 980. The lowest BCUT2D eigenvalue weighted by Crippen LogP contribution is -2.24. The maximum atomic E-state index is 12.5. The van der Waals surface area contributed by atoms with Crippen molar-refractivity contribution in [3.8, 4) is 11.5 Å². The van der Waals surface area contributed by atoms with E-state index in [0.717, 1.165) is 71.8 Å². The number of carbonyl (C=O) groups excluding carboxylic acids is 2. The highest BCUT2D eigenvalue weighted by Gasteiger charge is 2.10. The van der Waals surface area contributed by atoms with Crippen molar-refractivity contribution in [1.82, 2.24) is 10.6 Å². The summed E-state index contributed by atoms with van der Waals surface area (Å²) in [4.78, 5) is 25.0. The quantitative estimate of drug-likeness (QED) is 0.113. The monoisotopic (exact) mass is 708 g/mol. The van der Waals surface area contributed by atoms with Crippen molar-refractivity contribution in [2.24, 2.45) is 0 Å². The van der Waals surface area contributed by atoms with E-state index < -0.39 is 0 Å². The first-order valence-corrected chi connectivity index (χ1v) is 17.5. The van der Waals surface area contributed by atoms with Crippen LogP contribution in [0.1, 0.15) is 124 Å². The van der Waals surface area contributed by atoms with Gasteiger partial charge in [-0.1, -0.05) is 78.1 Å². The third-order valence-corrected chi connectivity index (χ3v) is 8.31. The lowest BCUT2D eigenvalue weighted by atomic mass is 10.1. The molecular formula is C34H50Br2N2O4. The van der Waals surface area contributed by atoms with Crippen molar-refractivity contribution in [2.75, 3.05) is 26.3 Å². The standard InChI is InChI=1S/C34H50Br2N2O4/c1-3-5-7-15-23-41-31-19-17-27(25-29(31)35)33(39)37-21-13-11-9-10-12-14-22-38-34(40)28-18-20-32(30(36)26-28)42-24-16-8-6-4-2/h17-20,25-26H,3-16,21-24H2,1-2H3,(H,37,39)(H,38,40). The second kappa shape index (κ2) is 22.5. The molecule has 2 aromatic rings. The Balaban J connectivity index is 1.51. The van der Waals surface area contributed by atoms with Gasteiger partial charge in [0.05, 0.1) is 22.2 Å². The number of benzene rings is 2. The van der Waals surface area contributed by atoms with Gasteiger partial charge in [-0.05, 0) is 93.9 Å². The number of amides is 2. The van der Waals surface area contributed by atoms with Gasteiger partial charge in [0.2, 0.25) is 0 Å². The number of ether oxygens (including phenoxy) is 2. The van der Waals surface area contributed by atoms with Crippen LogP contribution in [0.25, 0.3) is 0 Å². The van der Waals surface area contributed by atoms with E-state index in [-0.39, 0.29) is 11.8 Å². The van der Waals surface area contributed by atoms with Gasteiger partial charge < -0.3 is 20.1 Å². The Morgan fingerprint density at radius 1 is 0.571 bits per heavy atom. The first kappa shape index (κ1) is 36.1. The van der Waals surface area contributed by atoms with Crippen molar-refractivity contribution in [2.45, 2.75) is 104 Å². The van der Waals surface area contributed by atoms with Gasteiger partial charge >= 0.3 is 0 Å². The Hall–Kier alpha value is -2.06. The molecule has 6 nitrogen and oxygen atoms in total. The molecule has 0 unspecified atom stereocenters. The first-order chi connectivity index (χ1) is 20.5. The molecule has 42 heavy (non-hydrogen) atoms. The molecule has 0 saturated heterocycles. The predicted molar refractivity (Wildman–Crippen MR) is 180 cm³/mol. The third-order valence-electron chi connectivity index (χ3n) is 7.07. The molecule has 0 aliphatic rings. The van der Waals surface area contributed by atoms with Crippen molar-refractivity contribution in [1.29, 1.82) is 0 Å². The third kappa shape index (κ3) is 14.9. The number of unbranched alkanes of at least 4 members (excludes halogenated alkanes) is 11. The largest absolute Gasteiger partial charge is 0.492 e. The average Bonchev–Trinajstić information content (AvgIpc) is 2.99. The second-order valence-corrected chi connectivity index (χ2v) is 12.5. The van der Waals surface area contributed by atoms with Crippen LogP contribution in [0.4, 0.5) is 0 Å². The van der Waals surface area contributed by atoms with Crippen LogP contribution < -0.4 is 20.1 Å². The van der Waals surface area contributed by atoms with Crippen LogP contribution in [0, 0.1) is 0 Å². The van der Waals surface area contributed by atoms with Crippen LogP contribution in [-0.2, 0) is 0 Å². The van der Waals surface area contributed by atoms with Crippen molar-refractivity contribution in [3.05, 3.63) is 56.5 Å². The van der Waals surface area contributed by atoms with Crippen LogP contribution in [-0.4, -0.2) is 38.1 Å². The number of halogens is 2. The van der Waals surface area contributed by atoms with E-state index in [2.05, 4.69) is 56.3 Å². The molecule has 0 bridgehead atoms. The number of hydrogen-bond acceptors (Lipinski definition) is 4. The zero-order valence-corrected chi connectivity index (χ0v) is 28.8. The van der Waals surface area contributed by atoms with Crippen LogP contribution >= 0.6 is 31.9 Å². The normalized spacial score (nSPS) is 10.9. The molecule has 0 spiro atoms. The van der Waals surface area contributed by atoms with Gasteiger partial charge in [0.1, 0.15) is 11.5 Å². The fraction of sp³-hybridized carbons (Fsp3) is 0.588. The summed E-state index contributed by atoms with van der Waals surface area (Å²) in [6.45, 7) is 7.12. The summed E-state index contributed by atoms with van der Waals surface area (Å²) >= 11 is 7.06. The number of carbonyl (C=O) groups is 2. The van der Waals surface area contributed by atoms with Crippen LogP contribution in [0.15, 0.2) is 45.3 Å². The summed E-state index contributed by atoms with van der Waals surface area (Å²) in [6, 6.07) is 11.0. The van der Waals surface area contributed by atoms with Crippen LogP contribution in [0.2, 0.25) is 0 Å². The molecule has 2 rings (SSSR count). The lowest BCUT2D eigenvalue weighted by molar-refractivity contribution is 0.0944. The van der Waals surface area contributed by atoms with E-state index in [1.807, 2.05) is 36.4 Å². The molecule has 2 N–H and O–H groups in total. The highest BCUT2D eigenvalue weighted by Crippen LogP contribution is 2.27. The fourth-order valence-corrected chi connectivity index (χ4v) is 5.49. The Labute approximate surface area is 270 Å². The van der Waals surface area contributed by atoms with Gasteiger partial charge in [-0.2, -0.15) is 0 Å². The molecule has 0 radical (unpaired) electrons. The summed E-state index contributed by atoms with van der Waals surface area (Å²) in [6.07, 6.45) is 15.6. The Morgan fingerprint density at radius 3 is 1.33 bits per heavy atom. The molecule has 0 fully saturated rings. The molecular weight excluding hydrogens is 660 g/mol. The summed E-state index contributed by atoms with van der Waals surface area (Å²) in [5.74, 6) is 1.45. The molecule has 0 aromatic heterocycles. The topological polar surface area (TPSA) is 76.7 Å². The molecule has 2 amide bonds. The second-order valence-electron chi connectivity index (χ2n) is 10.7. The summed E-state index contributed by atoms with van der Waals surface area (Å²) in [5, 5.41) is 6.03. The first-order valence-electron chi connectivity index (χ1n) is 15.9. The summed E-state index contributed by atoms with van der Waals surface area (Å²) in [7, 11) is 0. The maximum Gasteiger partial charge on any atom is 0.251 e. The van der Waals surface area contributed by atoms with E-state index in [0.29, 0.717) is 37.4 Å². The minimum Gasteiger partial charge on any atom is -0.492 e. The summed E-state index contributed by atoms with van der Waals surface area (Å²) in [5.41, 5.74) is 1.27. The SMILES string of the molecule is CCCCCCOc1ccc(C(=O)NCCCCCCCCNC(=O)c2ccc(OCCCCCC)c(Br)c2)cc1Br. The molecule has 0 atom stereocenters. The molecule has 0 saturated carbocycles. The molecule has 8 heteroatoms. The molecule has 0 aliphatic carbocycles. The van der Waals surface area contributed by atoms with Crippen molar-refractivity contribution in [3.63, 3.8) is 0 Å². The van der Waals surface area contributed by atoms with Gasteiger partial charge in [0.15, 0.2) is 0 Å². The lowest BCUT2D eigenvalue weighted by Gasteiger charge is -2.10. The Kier molecular flexibility index (Phi) is 19.3. The van der Waals surface area contributed by atoms with Gasteiger partial charge in [-0.3, -0.25) is 9.59 Å². The van der Waals surface area contributed by atoms with Crippen LogP contribution in [0.3, 0.4) is 0 Å². The number of nitrogens with one attached hydrogen (secondary N) is 2. The highest BCUT2D eigenvalue weighted by atomic mass is 79.9. The fourth-order valence-electron chi connectivity index (χ4n) is 4.51. The van der Waals surface area contributed by atoms with Crippen molar-refractivity contribution < 1.29 is 19.1 Å². The Morgan fingerprint density at radius 2 is 0.952 bits per heavy atom.